The molecule has 1 atom stereocenters. The van der Waals surface area contributed by atoms with Crippen molar-refractivity contribution >= 4 is 22.9 Å². The summed E-state index contributed by atoms with van der Waals surface area (Å²) in [7, 11) is 0. The van der Waals surface area contributed by atoms with Crippen LogP contribution in [0.3, 0.4) is 0 Å². The van der Waals surface area contributed by atoms with Crippen molar-refractivity contribution in [1.82, 2.24) is 29.5 Å². The van der Waals surface area contributed by atoms with Gasteiger partial charge in [0, 0.05) is 37.4 Å². The standard InChI is InChI=1S/C24H29N7O.C6H7N.CH4/c1-4-20(14-32)28-24-29-22(21-23(30-24)31(15-27-21)16(2)3)26-12-17-7-9-18(10-8-17)19-6-5-11-25-13-19;1-6-3-2-4-7-5-6;/h5-11,13,15-16,20,32H,4,12,14H2,1-3H3,(H2,26,28,29,30);2-5H,1H3;1H4/t20-;;/m1../s1. The minimum absolute atomic E-state index is 0. The number of aryl methyl sites for hydroxylation is 1. The Bertz CT molecular complexity index is 1430. The fraction of sp³-hybridized carbons (Fsp3) is 0.323. The summed E-state index contributed by atoms with van der Waals surface area (Å²) in [4.78, 5) is 22.0. The van der Waals surface area contributed by atoms with E-state index in [1.165, 1.54) is 5.56 Å². The van der Waals surface area contributed by atoms with Crippen LogP contribution >= 0.6 is 0 Å². The summed E-state index contributed by atoms with van der Waals surface area (Å²) in [6.07, 6.45) is 9.81. The van der Waals surface area contributed by atoms with Crippen LogP contribution in [-0.4, -0.2) is 47.2 Å². The van der Waals surface area contributed by atoms with E-state index >= 15 is 0 Å². The molecule has 0 amide bonds. The summed E-state index contributed by atoms with van der Waals surface area (Å²) in [5, 5.41) is 16.2. The molecule has 9 nitrogen and oxygen atoms in total. The Morgan fingerprint density at radius 3 is 2.20 bits per heavy atom. The Labute approximate surface area is 236 Å². The van der Waals surface area contributed by atoms with Crippen LogP contribution in [0.4, 0.5) is 11.8 Å². The zero-order valence-corrected chi connectivity index (χ0v) is 22.9. The number of imidazole rings is 1. The van der Waals surface area contributed by atoms with Gasteiger partial charge in [0.25, 0.3) is 0 Å². The highest BCUT2D eigenvalue weighted by Gasteiger charge is 2.16. The molecule has 40 heavy (non-hydrogen) atoms. The summed E-state index contributed by atoms with van der Waals surface area (Å²) < 4.78 is 2.02. The molecule has 210 valence electrons. The minimum atomic E-state index is -0.101. The number of rotatable bonds is 9. The topological polar surface area (TPSA) is 114 Å². The third kappa shape index (κ3) is 7.83. The monoisotopic (exact) mass is 540 g/mol. The van der Waals surface area contributed by atoms with Crippen LogP contribution in [0.5, 0.6) is 0 Å². The lowest BCUT2D eigenvalue weighted by molar-refractivity contribution is 0.271. The third-order valence-corrected chi connectivity index (χ3v) is 6.24. The smallest absolute Gasteiger partial charge is 0.227 e. The molecule has 4 heterocycles. The number of hydrogen-bond donors (Lipinski definition) is 3. The maximum Gasteiger partial charge on any atom is 0.227 e. The van der Waals surface area contributed by atoms with Gasteiger partial charge < -0.3 is 20.3 Å². The van der Waals surface area contributed by atoms with Crippen LogP contribution in [0, 0.1) is 6.92 Å². The Balaban J connectivity index is 0.000000482. The van der Waals surface area contributed by atoms with Gasteiger partial charge in [0.15, 0.2) is 17.0 Å². The predicted molar refractivity (Wildman–Crippen MR) is 163 cm³/mol. The molecule has 0 radical (unpaired) electrons. The molecule has 5 aromatic rings. The second-order valence-corrected chi connectivity index (χ2v) is 9.57. The molecule has 9 heteroatoms. The van der Waals surface area contributed by atoms with Gasteiger partial charge in [-0.3, -0.25) is 9.97 Å². The summed E-state index contributed by atoms with van der Waals surface area (Å²) in [6, 6.07) is 16.4. The summed E-state index contributed by atoms with van der Waals surface area (Å²) >= 11 is 0. The lowest BCUT2D eigenvalue weighted by Crippen LogP contribution is -2.24. The van der Waals surface area contributed by atoms with E-state index in [4.69, 9.17) is 0 Å². The van der Waals surface area contributed by atoms with Gasteiger partial charge >= 0.3 is 0 Å². The molecule has 0 bridgehead atoms. The predicted octanol–water partition coefficient (Wildman–Crippen LogP) is 6.29. The first-order valence-corrected chi connectivity index (χ1v) is 13.2. The Morgan fingerprint density at radius 2 is 1.65 bits per heavy atom. The molecular weight excluding hydrogens is 500 g/mol. The lowest BCUT2D eigenvalue weighted by atomic mass is 10.1. The van der Waals surface area contributed by atoms with Crippen molar-refractivity contribution in [3.63, 3.8) is 0 Å². The average molecular weight is 541 g/mol. The number of nitrogens with zero attached hydrogens (tertiary/aromatic N) is 6. The quantitative estimate of drug-likeness (QED) is 0.200. The highest BCUT2D eigenvalue weighted by Crippen LogP contribution is 2.25. The second kappa shape index (κ2) is 14.7. The average Bonchev–Trinajstić information content (AvgIpc) is 3.41. The number of benzene rings is 1. The summed E-state index contributed by atoms with van der Waals surface area (Å²) in [5.74, 6) is 1.15. The lowest BCUT2D eigenvalue weighted by Gasteiger charge is -2.16. The molecule has 0 aliphatic heterocycles. The number of pyridine rings is 2. The molecule has 1 aromatic carbocycles. The third-order valence-electron chi connectivity index (χ3n) is 6.24. The summed E-state index contributed by atoms with van der Waals surface area (Å²) in [5.41, 5.74) is 6.05. The maximum atomic E-state index is 9.57. The molecule has 0 saturated carbocycles. The Hall–Kier alpha value is -4.37. The number of aliphatic hydroxyl groups is 1. The summed E-state index contributed by atoms with van der Waals surface area (Å²) in [6.45, 7) is 8.84. The van der Waals surface area contributed by atoms with Crippen LogP contribution in [-0.2, 0) is 6.54 Å². The van der Waals surface area contributed by atoms with Gasteiger partial charge in [0.1, 0.15) is 0 Å². The van der Waals surface area contributed by atoms with Crippen molar-refractivity contribution in [3.05, 3.63) is 90.8 Å². The van der Waals surface area contributed by atoms with Crippen molar-refractivity contribution in [3.8, 4) is 11.1 Å². The van der Waals surface area contributed by atoms with Crippen molar-refractivity contribution in [2.45, 2.75) is 60.2 Å². The van der Waals surface area contributed by atoms with E-state index < -0.39 is 0 Å². The van der Waals surface area contributed by atoms with Crippen molar-refractivity contribution in [2.24, 2.45) is 0 Å². The molecule has 0 spiro atoms. The first kappa shape index (κ1) is 30.2. The van der Waals surface area contributed by atoms with Gasteiger partial charge in [-0.25, -0.2) is 4.98 Å². The van der Waals surface area contributed by atoms with Crippen molar-refractivity contribution < 1.29 is 5.11 Å². The normalized spacial score (nSPS) is 11.3. The van der Waals surface area contributed by atoms with E-state index in [-0.39, 0.29) is 26.1 Å². The second-order valence-electron chi connectivity index (χ2n) is 9.57. The fourth-order valence-corrected chi connectivity index (χ4v) is 3.92. The van der Waals surface area contributed by atoms with Gasteiger partial charge in [-0.15, -0.1) is 0 Å². The zero-order chi connectivity index (χ0) is 27.6. The van der Waals surface area contributed by atoms with E-state index in [2.05, 4.69) is 73.7 Å². The Morgan fingerprint density at radius 1 is 0.925 bits per heavy atom. The Kier molecular flexibility index (Phi) is 11.1. The number of aliphatic hydroxyl groups excluding tert-OH is 1. The number of nitrogens with one attached hydrogen (secondary N) is 2. The van der Waals surface area contributed by atoms with Gasteiger partial charge in [-0.1, -0.05) is 50.7 Å². The van der Waals surface area contributed by atoms with Gasteiger partial charge in [0.05, 0.1) is 19.0 Å². The molecule has 4 aromatic heterocycles. The van der Waals surface area contributed by atoms with Crippen LogP contribution in [0.25, 0.3) is 22.3 Å². The van der Waals surface area contributed by atoms with Crippen LogP contribution in [0.1, 0.15) is 51.8 Å². The van der Waals surface area contributed by atoms with Gasteiger partial charge in [-0.2, -0.15) is 9.97 Å². The molecule has 5 rings (SSSR count). The minimum Gasteiger partial charge on any atom is -0.394 e. The zero-order valence-electron chi connectivity index (χ0n) is 22.9. The highest BCUT2D eigenvalue weighted by atomic mass is 16.3. The van der Waals surface area contributed by atoms with Crippen LogP contribution < -0.4 is 10.6 Å². The number of fused-ring (bicyclic) bond motifs is 1. The fourth-order valence-electron chi connectivity index (χ4n) is 3.92. The van der Waals surface area contributed by atoms with Gasteiger partial charge in [0.2, 0.25) is 5.95 Å². The van der Waals surface area contributed by atoms with E-state index in [0.29, 0.717) is 18.3 Å². The van der Waals surface area contributed by atoms with E-state index in [1.807, 2.05) is 55.1 Å². The SMILES string of the molecule is C.CC[C@H](CO)Nc1nc(NCc2ccc(-c3cccnc3)cc2)c2ncn(C(C)C)c2n1.Cc1cccnc1. The van der Waals surface area contributed by atoms with Crippen LogP contribution in [0.15, 0.2) is 79.6 Å². The van der Waals surface area contributed by atoms with Crippen molar-refractivity contribution in [2.75, 3.05) is 17.2 Å². The molecule has 3 N–H and O–H groups in total. The highest BCUT2D eigenvalue weighted by molar-refractivity contribution is 5.84. The van der Waals surface area contributed by atoms with E-state index in [1.54, 1.807) is 18.7 Å². The number of hydrogen-bond acceptors (Lipinski definition) is 8. The van der Waals surface area contributed by atoms with Gasteiger partial charge in [-0.05, 0) is 61.6 Å². The largest absolute Gasteiger partial charge is 0.394 e. The maximum absolute atomic E-state index is 9.57. The molecule has 0 aliphatic carbocycles. The molecular formula is C31H40N8O. The molecule has 0 fully saturated rings. The molecule has 0 saturated heterocycles. The molecule has 0 aliphatic rings. The first-order valence-electron chi connectivity index (χ1n) is 13.2. The molecule has 0 unspecified atom stereocenters. The van der Waals surface area contributed by atoms with Crippen molar-refractivity contribution in [1.29, 1.82) is 0 Å². The number of anilines is 2. The first-order chi connectivity index (χ1) is 19.0. The van der Waals surface area contributed by atoms with E-state index in [0.717, 1.165) is 34.3 Å². The van der Waals surface area contributed by atoms with E-state index in [9.17, 15) is 5.11 Å². The van der Waals surface area contributed by atoms with Crippen LogP contribution in [0.2, 0.25) is 0 Å². The number of aromatic nitrogens is 6.